The number of nitrogens with zero attached hydrogens (tertiary/aromatic N) is 5. The van der Waals surface area contributed by atoms with Crippen molar-refractivity contribution in [2.24, 2.45) is 5.16 Å². The van der Waals surface area contributed by atoms with Crippen molar-refractivity contribution in [3.63, 3.8) is 0 Å². The van der Waals surface area contributed by atoms with Gasteiger partial charge in [-0.15, -0.1) is 0 Å². The van der Waals surface area contributed by atoms with E-state index >= 15 is 0 Å². The molecule has 48 heavy (non-hydrogen) atoms. The first kappa shape index (κ1) is 38.3. The van der Waals surface area contributed by atoms with Crippen LogP contribution in [0.15, 0.2) is 88.9 Å². The Morgan fingerprint density at radius 1 is 0.958 bits per heavy atom. The van der Waals surface area contributed by atoms with Gasteiger partial charge in [-0.05, 0) is 47.7 Å². The number of sulfonamides is 1. The van der Waals surface area contributed by atoms with E-state index in [-0.39, 0.29) is 65.0 Å². The van der Waals surface area contributed by atoms with Crippen LogP contribution in [0.5, 0.6) is 6.01 Å². The third-order valence-corrected chi connectivity index (χ3v) is 8.38. The van der Waals surface area contributed by atoms with Crippen LogP contribution in [0.25, 0.3) is 4.72 Å². The van der Waals surface area contributed by atoms with Gasteiger partial charge in [-0.2, -0.15) is 9.97 Å². The maximum absolute atomic E-state index is 12.5. The van der Waals surface area contributed by atoms with Gasteiger partial charge in [-0.1, -0.05) is 65.8 Å². The Morgan fingerprint density at radius 2 is 1.56 bits per heavy atom. The van der Waals surface area contributed by atoms with Gasteiger partial charge in [-0.25, -0.2) is 23.0 Å². The fourth-order valence-corrected chi connectivity index (χ4v) is 6.08. The third-order valence-electron chi connectivity index (χ3n) is 6.41. The molecule has 0 fully saturated rings. The molecule has 1 aromatic heterocycles. The molecule has 5 rings (SSSR count). The zero-order valence-electron chi connectivity index (χ0n) is 25.9. The molecular weight excluding hydrogens is 770 g/mol. The SMILES string of the molecule is COC(=O)c1ccc(I)cc1S(=O)(=O)[N-]C(=O)Nc1nc(C)nc(OC)n1.O=C(O)C1=NOC(c2ccccc2)(c2ccccc2)C1.[Na+]. The number of rotatable bonds is 8. The van der Waals surface area contributed by atoms with Crippen LogP contribution in [0.2, 0.25) is 0 Å². The first-order chi connectivity index (χ1) is 22.4. The molecule has 4 aromatic rings. The molecule has 244 valence electrons. The standard InChI is InChI=1S/C16H13NO3.C14H14IN5O6S.Na/c18-15(19)14-11-16(20-17-14,12-7-3-1-4-8-12)13-9-5-2-6-10-13;1-7-16-12(19-14(17-7)26-3)18-13(22)20-27(23,24)10-6-8(15)4-5-9(10)11(21)25-2;/h1-10H,11H2,(H,18,19);4-6H,1-3H3,(H2,16,17,18,19,20,22);/q;;+1/p-1. The number of carboxylic acid groups (broad SMARTS) is 1. The number of anilines is 1. The number of aliphatic carboxylic acids is 1. The zero-order valence-corrected chi connectivity index (χ0v) is 30.9. The van der Waals surface area contributed by atoms with E-state index in [1.807, 2.05) is 83.3 Å². The topological polar surface area (TPSA) is 210 Å². The van der Waals surface area contributed by atoms with Gasteiger partial charge in [-0.3, -0.25) is 4.79 Å². The summed E-state index contributed by atoms with van der Waals surface area (Å²) >= 11 is 1.86. The van der Waals surface area contributed by atoms with E-state index in [0.29, 0.717) is 3.57 Å². The monoisotopic (exact) mass is 796 g/mol. The minimum Gasteiger partial charge on any atom is -0.477 e. The molecule has 0 radical (unpaired) electrons. The van der Waals surface area contributed by atoms with Gasteiger partial charge in [0.1, 0.15) is 5.82 Å². The van der Waals surface area contributed by atoms with Gasteiger partial charge in [0.15, 0.2) is 23.3 Å². The average molecular weight is 797 g/mol. The third kappa shape index (κ3) is 9.25. The van der Waals surface area contributed by atoms with Crippen molar-refractivity contribution >= 4 is 62.2 Å². The number of aryl methyl sites for hydroxylation is 1. The van der Waals surface area contributed by atoms with Crippen molar-refractivity contribution < 1.29 is 71.8 Å². The van der Waals surface area contributed by atoms with Crippen molar-refractivity contribution in [1.82, 2.24) is 15.0 Å². The Labute approximate surface area is 311 Å². The predicted octanol–water partition coefficient (Wildman–Crippen LogP) is 1.67. The summed E-state index contributed by atoms with van der Waals surface area (Å²) in [5.74, 6) is -1.91. The van der Waals surface area contributed by atoms with Gasteiger partial charge in [0.05, 0.1) is 31.1 Å². The van der Waals surface area contributed by atoms with Crippen LogP contribution in [0.3, 0.4) is 0 Å². The quantitative estimate of drug-likeness (QED) is 0.148. The second kappa shape index (κ2) is 16.8. The second-order valence-corrected chi connectivity index (χ2v) is 12.3. The number of amides is 2. The molecule has 0 saturated heterocycles. The van der Waals surface area contributed by atoms with Crippen molar-refractivity contribution in [3.8, 4) is 6.01 Å². The molecule has 2 amide bonds. The number of hydrogen-bond donors (Lipinski definition) is 2. The number of oxime groups is 1. The van der Waals surface area contributed by atoms with E-state index in [1.54, 1.807) is 0 Å². The van der Waals surface area contributed by atoms with Gasteiger partial charge in [0, 0.05) is 14.7 Å². The van der Waals surface area contributed by atoms with E-state index in [2.05, 4.69) is 34.9 Å². The molecule has 3 aromatic carbocycles. The molecular formula is C30H26IN6NaO9S. The smallest absolute Gasteiger partial charge is 0.477 e. The van der Waals surface area contributed by atoms with Crippen molar-refractivity contribution in [1.29, 1.82) is 0 Å². The molecule has 0 spiro atoms. The van der Waals surface area contributed by atoms with Crippen LogP contribution >= 0.6 is 22.6 Å². The van der Waals surface area contributed by atoms with Crippen molar-refractivity contribution in [3.05, 3.63) is 110 Å². The molecule has 0 unspecified atom stereocenters. The fourth-order valence-electron chi connectivity index (χ4n) is 4.31. The summed E-state index contributed by atoms with van der Waals surface area (Å²) < 4.78 is 38.1. The van der Waals surface area contributed by atoms with Crippen molar-refractivity contribution in [2.75, 3.05) is 19.5 Å². The number of carbonyl (C=O) groups excluding carboxylic acids is 2. The Kier molecular flexibility index (Phi) is 13.4. The van der Waals surface area contributed by atoms with E-state index in [4.69, 9.17) is 14.7 Å². The van der Waals surface area contributed by atoms with E-state index in [0.717, 1.165) is 18.2 Å². The number of urea groups is 1. The Balaban J connectivity index is 0.000000265. The van der Waals surface area contributed by atoms with Crippen LogP contribution in [-0.4, -0.2) is 66.4 Å². The number of nitrogens with one attached hydrogen (secondary N) is 1. The summed E-state index contributed by atoms with van der Waals surface area (Å²) in [5, 5.41) is 15.0. The maximum atomic E-state index is 12.5. The molecule has 15 nitrogen and oxygen atoms in total. The van der Waals surface area contributed by atoms with Crippen LogP contribution < -0.4 is 39.6 Å². The van der Waals surface area contributed by atoms with Gasteiger partial charge < -0.3 is 29.5 Å². The molecule has 18 heteroatoms. The Hall–Kier alpha value is -4.17. The molecule has 1 aliphatic rings. The average Bonchev–Trinajstić information content (AvgIpc) is 3.52. The Morgan fingerprint density at radius 3 is 2.08 bits per heavy atom. The molecule has 0 saturated carbocycles. The summed E-state index contributed by atoms with van der Waals surface area (Å²) in [6.45, 7) is 1.53. The Bertz CT molecular complexity index is 1890. The van der Waals surface area contributed by atoms with Gasteiger partial charge in [0.2, 0.25) is 10.0 Å². The van der Waals surface area contributed by atoms with Crippen LogP contribution in [0, 0.1) is 10.5 Å². The second-order valence-electron chi connectivity index (χ2n) is 9.49. The molecule has 0 bridgehead atoms. The molecule has 2 N–H and O–H groups in total. The first-order valence-electron chi connectivity index (χ1n) is 13.4. The van der Waals surface area contributed by atoms with E-state index in [1.165, 1.54) is 32.2 Å². The minimum absolute atomic E-state index is 0. The number of halogens is 1. The number of aromatic nitrogens is 3. The van der Waals surface area contributed by atoms with E-state index in [9.17, 15) is 22.8 Å². The summed E-state index contributed by atoms with van der Waals surface area (Å²) in [5.41, 5.74) is 0.734. The van der Waals surface area contributed by atoms with Gasteiger partial charge in [0.25, 0.3) is 0 Å². The fraction of sp³-hybridized carbons (Fsp3) is 0.167. The van der Waals surface area contributed by atoms with Crippen LogP contribution in [0.1, 0.15) is 33.7 Å². The van der Waals surface area contributed by atoms with Crippen LogP contribution in [0.4, 0.5) is 10.7 Å². The molecule has 2 heterocycles. The zero-order chi connectivity index (χ0) is 34.2. The molecule has 0 aliphatic carbocycles. The maximum Gasteiger partial charge on any atom is 1.00 e. The number of ether oxygens (including phenoxy) is 2. The molecule has 1 aliphatic heterocycles. The number of benzene rings is 3. The van der Waals surface area contributed by atoms with Crippen molar-refractivity contribution in [2.45, 2.75) is 23.8 Å². The first-order valence-corrected chi connectivity index (χ1v) is 15.9. The number of carbonyl (C=O) groups is 3. The number of hydrogen-bond acceptors (Lipinski definition) is 12. The number of methoxy groups -OCH3 is 2. The summed E-state index contributed by atoms with van der Waals surface area (Å²) in [6, 6.07) is 21.8. The summed E-state index contributed by atoms with van der Waals surface area (Å²) in [6.07, 6.45) is 0.219. The number of esters is 1. The largest absolute Gasteiger partial charge is 1.00 e. The molecule has 0 atom stereocenters. The van der Waals surface area contributed by atoms with Crippen LogP contribution in [-0.2, 0) is 30.0 Å². The van der Waals surface area contributed by atoms with Gasteiger partial charge >= 0.3 is 47.5 Å². The minimum atomic E-state index is -4.51. The normalized spacial score (nSPS) is 12.9. The van der Waals surface area contributed by atoms with E-state index < -0.39 is 38.5 Å². The summed E-state index contributed by atoms with van der Waals surface area (Å²) in [7, 11) is -2.08. The number of carboxylic acids is 1. The summed E-state index contributed by atoms with van der Waals surface area (Å²) in [4.78, 5) is 51.5. The predicted molar refractivity (Wildman–Crippen MR) is 176 cm³/mol.